The molecule has 0 heterocycles. The molecule has 0 amide bonds. The highest BCUT2D eigenvalue weighted by Gasteiger charge is 2.37. The van der Waals surface area contributed by atoms with Gasteiger partial charge in [-0.1, -0.05) is 19.1 Å². The van der Waals surface area contributed by atoms with Crippen LogP contribution in [-0.4, -0.2) is 12.1 Å². The molecular formula is C12H18N2. The minimum absolute atomic E-state index is 0.0867. The van der Waals surface area contributed by atoms with Crippen LogP contribution in [0.15, 0.2) is 24.3 Å². The topological polar surface area (TPSA) is 38.0 Å². The molecule has 1 aromatic carbocycles. The van der Waals surface area contributed by atoms with E-state index >= 15 is 0 Å². The van der Waals surface area contributed by atoms with Crippen molar-refractivity contribution in [1.82, 2.24) is 0 Å². The van der Waals surface area contributed by atoms with Crippen molar-refractivity contribution in [3.8, 4) is 0 Å². The summed E-state index contributed by atoms with van der Waals surface area (Å²) in [5, 5.41) is 3.37. The van der Waals surface area contributed by atoms with Gasteiger partial charge in [-0.2, -0.15) is 0 Å². The summed E-state index contributed by atoms with van der Waals surface area (Å²) in [5.41, 5.74) is 8.63. The fourth-order valence-corrected chi connectivity index (χ4v) is 1.47. The highest BCUT2D eigenvalue weighted by Crippen LogP contribution is 2.32. The first-order valence-electron chi connectivity index (χ1n) is 5.33. The van der Waals surface area contributed by atoms with E-state index in [-0.39, 0.29) is 5.54 Å². The molecule has 76 valence electrons. The lowest BCUT2D eigenvalue weighted by Crippen LogP contribution is -2.30. The summed E-state index contributed by atoms with van der Waals surface area (Å²) in [6.45, 7) is 3.07. The summed E-state index contributed by atoms with van der Waals surface area (Å²) in [6.07, 6.45) is 3.42. The van der Waals surface area contributed by atoms with Crippen molar-refractivity contribution in [3.63, 3.8) is 0 Å². The smallest absolute Gasteiger partial charge is 0.0340 e. The third kappa shape index (κ3) is 2.26. The molecule has 2 heteroatoms. The van der Waals surface area contributed by atoms with Crippen molar-refractivity contribution in [2.75, 3.05) is 11.9 Å². The molecule has 2 nitrogen and oxygen atoms in total. The molecule has 2 rings (SSSR count). The summed E-state index contributed by atoms with van der Waals surface area (Å²) in [5.74, 6) is 0. The van der Waals surface area contributed by atoms with E-state index in [1.54, 1.807) is 0 Å². The summed E-state index contributed by atoms with van der Waals surface area (Å²) in [7, 11) is 0. The van der Waals surface area contributed by atoms with Crippen LogP contribution in [0.5, 0.6) is 0 Å². The van der Waals surface area contributed by atoms with E-state index in [9.17, 15) is 0 Å². The average molecular weight is 190 g/mol. The highest BCUT2D eigenvalue weighted by molar-refractivity contribution is 5.45. The Bertz CT molecular complexity index is 299. The molecule has 0 atom stereocenters. The molecule has 1 aliphatic rings. The van der Waals surface area contributed by atoms with Crippen LogP contribution in [0, 0.1) is 0 Å². The van der Waals surface area contributed by atoms with Crippen molar-refractivity contribution in [3.05, 3.63) is 29.8 Å². The van der Waals surface area contributed by atoms with Gasteiger partial charge in [0.2, 0.25) is 0 Å². The predicted octanol–water partition coefficient (Wildman–Crippen LogP) is 2.15. The molecule has 0 unspecified atom stereocenters. The molecule has 0 bridgehead atoms. The summed E-state index contributed by atoms with van der Waals surface area (Å²) >= 11 is 0. The number of anilines is 1. The first-order chi connectivity index (χ1) is 6.72. The Morgan fingerprint density at radius 2 is 1.93 bits per heavy atom. The third-order valence-electron chi connectivity index (χ3n) is 2.90. The Balaban J connectivity index is 1.89. The van der Waals surface area contributed by atoms with Crippen LogP contribution < -0.4 is 11.1 Å². The number of hydrogen-bond acceptors (Lipinski definition) is 2. The minimum Gasteiger partial charge on any atom is -0.383 e. The molecular weight excluding hydrogens is 172 g/mol. The Hall–Kier alpha value is -1.02. The van der Waals surface area contributed by atoms with Crippen LogP contribution in [0.3, 0.4) is 0 Å². The van der Waals surface area contributed by atoms with Gasteiger partial charge in [-0.05, 0) is 37.0 Å². The minimum atomic E-state index is 0.0867. The van der Waals surface area contributed by atoms with Gasteiger partial charge < -0.3 is 11.1 Å². The van der Waals surface area contributed by atoms with Crippen LogP contribution in [0.4, 0.5) is 5.69 Å². The number of nitrogens with one attached hydrogen (secondary N) is 1. The zero-order valence-electron chi connectivity index (χ0n) is 8.72. The second kappa shape index (κ2) is 3.62. The largest absolute Gasteiger partial charge is 0.383 e. The van der Waals surface area contributed by atoms with Crippen LogP contribution in [0.2, 0.25) is 0 Å². The molecule has 0 spiro atoms. The van der Waals surface area contributed by atoms with Crippen molar-refractivity contribution in [2.24, 2.45) is 5.73 Å². The van der Waals surface area contributed by atoms with Gasteiger partial charge in [-0.15, -0.1) is 0 Å². The summed E-state index contributed by atoms with van der Waals surface area (Å²) < 4.78 is 0. The standard InChI is InChI=1S/C12H18N2/c1-2-10-3-5-11(6-4-10)14-9-12(13)7-8-12/h3-6,14H,2,7-9,13H2,1H3. The number of hydrogen-bond donors (Lipinski definition) is 2. The first kappa shape index (κ1) is 9.53. The Morgan fingerprint density at radius 3 is 2.43 bits per heavy atom. The van der Waals surface area contributed by atoms with Crippen LogP contribution >= 0.6 is 0 Å². The first-order valence-corrected chi connectivity index (χ1v) is 5.33. The average Bonchev–Trinajstić information content (AvgIpc) is 2.95. The lowest BCUT2D eigenvalue weighted by molar-refractivity contribution is 0.713. The Kier molecular flexibility index (Phi) is 2.46. The Morgan fingerprint density at radius 1 is 1.29 bits per heavy atom. The van der Waals surface area contributed by atoms with E-state index in [0.29, 0.717) is 0 Å². The van der Waals surface area contributed by atoms with E-state index in [4.69, 9.17) is 5.73 Å². The van der Waals surface area contributed by atoms with Gasteiger partial charge in [0.1, 0.15) is 0 Å². The van der Waals surface area contributed by atoms with Crippen LogP contribution in [0.25, 0.3) is 0 Å². The second-order valence-corrected chi connectivity index (χ2v) is 4.27. The fourth-order valence-electron chi connectivity index (χ4n) is 1.47. The maximum Gasteiger partial charge on any atom is 0.0340 e. The van der Waals surface area contributed by atoms with Gasteiger partial charge in [0.15, 0.2) is 0 Å². The molecule has 1 aliphatic carbocycles. The van der Waals surface area contributed by atoms with E-state index in [0.717, 1.165) is 25.8 Å². The van der Waals surface area contributed by atoms with Gasteiger partial charge in [0, 0.05) is 17.8 Å². The van der Waals surface area contributed by atoms with Gasteiger partial charge in [-0.3, -0.25) is 0 Å². The van der Waals surface area contributed by atoms with Crippen molar-refractivity contribution >= 4 is 5.69 Å². The Labute approximate surface area is 85.5 Å². The molecule has 14 heavy (non-hydrogen) atoms. The number of rotatable bonds is 4. The van der Waals surface area contributed by atoms with Gasteiger partial charge in [-0.25, -0.2) is 0 Å². The number of aryl methyl sites for hydroxylation is 1. The fraction of sp³-hybridized carbons (Fsp3) is 0.500. The zero-order chi connectivity index (χ0) is 10.0. The molecule has 1 saturated carbocycles. The number of benzene rings is 1. The third-order valence-corrected chi connectivity index (χ3v) is 2.90. The highest BCUT2D eigenvalue weighted by atomic mass is 15.0. The van der Waals surface area contributed by atoms with E-state index in [2.05, 4.69) is 36.5 Å². The van der Waals surface area contributed by atoms with Crippen molar-refractivity contribution in [2.45, 2.75) is 31.7 Å². The number of nitrogens with two attached hydrogens (primary N) is 1. The van der Waals surface area contributed by atoms with Crippen LogP contribution in [0.1, 0.15) is 25.3 Å². The van der Waals surface area contributed by atoms with E-state index < -0.39 is 0 Å². The molecule has 0 aliphatic heterocycles. The molecule has 0 saturated heterocycles. The second-order valence-electron chi connectivity index (χ2n) is 4.27. The lowest BCUT2D eigenvalue weighted by Gasteiger charge is -2.11. The summed E-state index contributed by atoms with van der Waals surface area (Å²) in [4.78, 5) is 0. The van der Waals surface area contributed by atoms with E-state index in [1.807, 2.05) is 0 Å². The lowest BCUT2D eigenvalue weighted by atomic mass is 10.1. The molecule has 1 fully saturated rings. The summed E-state index contributed by atoms with van der Waals surface area (Å²) in [6, 6.07) is 8.59. The maximum absolute atomic E-state index is 5.99. The van der Waals surface area contributed by atoms with Gasteiger partial charge in [0.25, 0.3) is 0 Å². The van der Waals surface area contributed by atoms with Crippen LogP contribution in [-0.2, 0) is 6.42 Å². The molecule has 0 aromatic heterocycles. The SMILES string of the molecule is CCc1ccc(NCC2(N)CC2)cc1. The quantitative estimate of drug-likeness (QED) is 0.763. The molecule has 0 radical (unpaired) electrons. The predicted molar refractivity (Wildman–Crippen MR) is 60.5 cm³/mol. The van der Waals surface area contributed by atoms with E-state index in [1.165, 1.54) is 11.3 Å². The maximum atomic E-state index is 5.99. The zero-order valence-corrected chi connectivity index (χ0v) is 8.72. The van der Waals surface area contributed by atoms with Gasteiger partial charge >= 0.3 is 0 Å². The normalized spacial score (nSPS) is 17.9. The monoisotopic (exact) mass is 190 g/mol. The molecule has 1 aromatic rings. The molecule has 3 N–H and O–H groups in total. The van der Waals surface area contributed by atoms with Crippen molar-refractivity contribution < 1.29 is 0 Å². The van der Waals surface area contributed by atoms with Crippen molar-refractivity contribution in [1.29, 1.82) is 0 Å². The van der Waals surface area contributed by atoms with Gasteiger partial charge in [0.05, 0.1) is 0 Å².